The Kier molecular flexibility index (Phi) is 4.01. The van der Waals surface area contributed by atoms with Crippen LogP contribution in [0.1, 0.15) is 22.8 Å². The summed E-state index contributed by atoms with van der Waals surface area (Å²) in [5.74, 6) is 0.0158. The summed E-state index contributed by atoms with van der Waals surface area (Å²) in [4.78, 5) is 11.2. The molecule has 1 aromatic rings. The number of carbonyl (C=O) groups excluding carboxylic acids is 1. The Hall–Kier alpha value is -0.720. The third-order valence-corrected chi connectivity index (χ3v) is 3.29. The van der Waals surface area contributed by atoms with E-state index < -0.39 is 6.61 Å². The molecule has 0 saturated heterocycles. The molecule has 0 unspecified atom stereocenters. The number of alkyl halides is 2. The zero-order valence-corrected chi connectivity index (χ0v) is 10.3. The molecule has 82 valence electrons. The molecule has 15 heavy (non-hydrogen) atoms. The van der Waals surface area contributed by atoms with Crippen LogP contribution in [0, 0.1) is 10.5 Å². The monoisotopic (exact) mass is 326 g/mol. The van der Waals surface area contributed by atoms with E-state index in [9.17, 15) is 13.6 Å². The third-order valence-electron chi connectivity index (χ3n) is 1.95. The lowest BCUT2D eigenvalue weighted by Crippen LogP contribution is -2.06. The van der Waals surface area contributed by atoms with Crippen molar-refractivity contribution in [2.75, 3.05) is 0 Å². The number of carbonyl (C=O) groups is 1. The highest BCUT2D eigenvalue weighted by atomic mass is 127. The van der Waals surface area contributed by atoms with Gasteiger partial charge in [-0.05, 0) is 54.1 Å². The van der Waals surface area contributed by atoms with Gasteiger partial charge in [-0.1, -0.05) is 0 Å². The fraction of sp³-hybridized carbons (Fsp3) is 0.300. The smallest absolute Gasteiger partial charge is 0.387 e. The third kappa shape index (κ3) is 2.87. The molecule has 1 aromatic carbocycles. The van der Waals surface area contributed by atoms with Crippen LogP contribution in [-0.4, -0.2) is 12.4 Å². The highest BCUT2D eigenvalue weighted by Crippen LogP contribution is 2.28. The fourth-order valence-electron chi connectivity index (χ4n) is 1.23. The molecule has 0 aliphatic carbocycles. The van der Waals surface area contributed by atoms with Gasteiger partial charge in [0.1, 0.15) is 5.75 Å². The van der Waals surface area contributed by atoms with Gasteiger partial charge in [-0.2, -0.15) is 8.78 Å². The van der Waals surface area contributed by atoms with Crippen molar-refractivity contribution in [2.45, 2.75) is 20.5 Å². The SMILES string of the molecule is CC(=O)c1ccc(OC(F)F)c(I)c1C. The first kappa shape index (κ1) is 12.4. The predicted molar refractivity (Wildman–Crippen MR) is 60.5 cm³/mol. The number of ketones is 1. The van der Waals surface area contributed by atoms with Crippen LogP contribution < -0.4 is 4.74 Å². The Balaban J connectivity index is 3.15. The summed E-state index contributed by atoms with van der Waals surface area (Å²) in [6.45, 7) is 0.296. The maximum atomic E-state index is 12.0. The molecule has 0 amide bonds. The summed E-state index contributed by atoms with van der Waals surface area (Å²) < 4.78 is 28.8. The number of hydrogen-bond donors (Lipinski definition) is 0. The lowest BCUT2D eigenvalue weighted by atomic mass is 10.1. The van der Waals surface area contributed by atoms with Crippen molar-refractivity contribution < 1.29 is 18.3 Å². The van der Waals surface area contributed by atoms with E-state index >= 15 is 0 Å². The van der Waals surface area contributed by atoms with Crippen molar-refractivity contribution in [3.63, 3.8) is 0 Å². The first-order valence-electron chi connectivity index (χ1n) is 4.18. The van der Waals surface area contributed by atoms with Gasteiger partial charge in [0.05, 0.1) is 3.57 Å². The first-order chi connectivity index (χ1) is 6.93. The average molecular weight is 326 g/mol. The Morgan fingerprint density at radius 2 is 2.07 bits per heavy atom. The molecule has 2 nitrogen and oxygen atoms in total. The van der Waals surface area contributed by atoms with Crippen LogP contribution in [0.4, 0.5) is 8.78 Å². The summed E-state index contributed by atoms with van der Waals surface area (Å²) in [6.07, 6.45) is 0. The molecule has 0 radical (unpaired) electrons. The highest BCUT2D eigenvalue weighted by molar-refractivity contribution is 14.1. The molecule has 1 rings (SSSR count). The second kappa shape index (κ2) is 4.87. The average Bonchev–Trinajstić information content (AvgIpc) is 2.12. The van der Waals surface area contributed by atoms with Gasteiger partial charge in [0.2, 0.25) is 0 Å². The molecule has 0 atom stereocenters. The zero-order chi connectivity index (χ0) is 11.6. The number of halogens is 3. The van der Waals surface area contributed by atoms with Crippen molar-refractivity contribution in [3.05, 3.63) is 26.8 Å². The van der Waals surface area contributed by atoms with E-state index in [1.54, 1.807) is 6.92 Å². The second-order valence-electron chi connectivity index (χ2n) is 2.98. The Morgan fingerprint density at radius 1 is 1.47 bits per heavy atom. The van der Waals surface area contributed by atoms with E-state index in [2.05, 4.69) is 4.74 Å². The number of rotatable bonds is 3. The van der Waals surface area contributed by atoms with Crippen molar-refractivity contribution in [1.82, 2.24) is 0 Å². The molecular weight excluding hydrogens is 317 g/mol. The summed E-state index contributed by atoms with van der Waals surface area (Å²) in [7, 11) is 0. The van der Waals surface area contributed by atoms with Gasteiger partial charge in [0, 0.05) is 5.56 Å². The topological polar surface area (TPSA) is 26.3 Å². The van der Waals surface area contributed by atoms with Crippen LogP contribution in [0.2, 0.25) is 0 Å². The van der Waals surface area contributed by atoms with Crippen molar-refractivity contribution in [1.29, 1.82) is 0 Å². The number of benzene rings is 1. The standard InChI is InChI=1S/C10H9F2IO2/c1-5-7(6(2)14)3-4-8(9(5)13)15-10(11)12/h3-4,10H,1-2H3. The predicted octanol–water partition coefficient (Wildman–Crippen LogP) is 3.40. The summed E-state index contributed by atoms with van der Waals surface area (Å²) >= 11 is 1.89. The molecule has 0 bridgehead atoms. The molecule has 0 spiro atoms. The molecule has 0 heterocycles. The number of ether oxygens (including phenoxy) is 1. The molecule has 0 N–H and O–H groups in total. The first-order valence-corrected chi connectivity index (χ1v) is 5.26. The van der Waals surface area contributed by atoms with E-state index in [0.29, 0.717) is 14.7 Å². The minimum absolute atomic E-state index is 0.0889. The van der Waals surface area contributed by atoms with E-state index in [1.807, 2.05) is 22.6 Å². The van der Waals surface area contributed by atoms with Crippen LogP contribution in [-0.2, 0) is 0 Å². The van der Waals surface area contributed by atoms with Crippen molar-refractivity contribution in [3.8, 4) is 5.75 Å². The maximum Gasteiger partial charge on any atom is 0.387 e. The minimum Gasteiger partial charge on any atom is -0.434 e. The second-order valence-corrected chi connectivity index (χ2v) is 4.06. The number of hydrogen-bond acceptors (Lipinski definition) is 2. The molecule has 0 saturated carbocycles. The Labute approximate surface area is 99.8 Å². The van der Waals surface area contributed by atoms with Gasteiger partial charge in [-0.25, -0.2) is 0 Å². The lowest BCUT2D eigenvalue weighted by Gasteiger charge is -2.11. The van der Waals surface area contributed by atoms with Crippen LogP contribution in [0.3, 0.4) is 0 Å². The molecular formula is C10H9F2IO2. The van der Waals surface area contributed by atoms with E-state index in [0.717, 1.165) is 0 Å². The van der Waals surface area contributed by atoms with Crippen molar-refractivity contribution in [2.24, 2.45) is 0 Å². The molecule has 0 aliphatic heterocycles. The van der Waals surface area contributed by atoms with Gasteiger partial charge < -0.3 is 4.74 Å². The van der Waals surface area contributed by atoms with Gasteiger partial charge in [0.25, 0.3) is 0 Å². The van der Waals surface area contributed by atoms with Gasteiger partial charge in [0.15, 0.2) is 5.78 Å². The van der Waals surface area contributed by atoms with E-state index in [1.165, 1.54) is 19.1 Å². The highest BCUT2D eigenvalue weighted by Gasteiger charge is 2.14. The quantitative estimate of drug-likeness (QED) is 0.629. The van der Waals surface area contributed by atoms with Gasteiger partial charge >= 0.3 is 6.61 Å². The summed E-state index contributed by atoms with van der Waals surface area (Å²) in [5, 5.41) is 0. The zero-order valence-electron chi connectivity index (χ0n) is 8.18. The van der Waals surface area contributed by atoms with E-state index in [-0.39, 0.29) is 11.5 Å². The van der Waals surface area contributed by atoms with Gasteiger partial charge in [-0.15, -0.1) is 0 Å². The minimum atomic E-state index is -2.85. The maximum absolute atomic E-state index is 12.0. The van der Waals surface area contributed by atoms with Crippen LogP contribution in [0.15, 0.2) is 12.1 Å². The Bertz CT molecular complexity index is 391. The molecule has 0 aromatic heterocycles. The summed E-state index contributed by atoms with van der Waals surface area (Å²) in [6, 6.07) is 2.88. The fourth-order valence-corrected chi connectivity index (χ4v) is 1.83. The van der Waals surface area contributed by atoms with Crippen molar-refractivity contribution >= 4 is 28.4 Å². The molecule has 0 fully saturated rings. The largest absolute Gasteiger partial charge is 0.434 e. The molecule has 5 heteroatoms. The van der Waals surface area contributed by atoms with Crippen LogP contribution in [0.25, 0.3) is 0 Å². The number of Topliss-reactive ketones (excluding diaryl/α,β-unsaturated/α-hetero) is 1. The molecule has 0 aliphatic rings. The van der Waals surface area contributed by atoms with Crippen LogP contribution in [0.5, 0.6) is 5.75 Å². The van der Waals surface area contributed by atoms with E-state index in [4.69, 9.17) is 0 Å². The normalized spacial score (nSPS) is 10.5. The van der Waals surface area contributed by atoms with Gasteiger partial charge in [-0.3, -0.25) is 4.79 Å². The summed E-state index contributed by atoms with van der Waals surface area (Å²) in [5.41, 5.74) is 1.20. The lowest BCUT2D eigenvalue weighted by molar-refractivity contribution is -0.0504. The van der Waals surface area contributed by atoms with Crippen LogP contribution >= 0.6 is 22.6 Å². The Morgan fingerprint density at radius 3 is 2.53 bits per heavy atom.